The number of hydrogen-bond donors (Lipinski definition) is 2. The number of amides is 4. The van der Waals surface area contributed by atoms with Crippen molar-refractivity contribution in [2.75, 3.05) is 39.3 Å². The van der Waals surface area contributed by atoms with Gasteiger partial charge in [0.05, 0.1) is 19.6 Å². The van der Waals surface area contributed by atoms with Crippen LogP contribution in [0.15, 0.2) is 30.3 Å². The van der Waals surface area contributed by atoms with Crippen LogP contribution in [0.2, 0.25) is 0 Å². The molecule has 0 aromatic heterocycles. The fraction of sp³-hybridized carbons (Fsp3) is 0.500. The van der Waals surface area contributed by atoms with E-state index in [1.165, 1.54) is 0 Å². The van der Waals surface area contributed by atoms with Gasteiger partial charge in [-0.3, -0.25) is 4.79 Å². The minimum absolute atomic E-state index is 0.120. The van der Waals surface area contributed by atoms with E-state index in [2.05, 4.69) is 5.32 Å². The van der Waals surface area contributed by atoms with Crippen molar-refractivity contribution >= 4 is 18.0 Å². The predicted octanol–water partition coefficient (Wildman–Crippen LogP) is 0.547. The van der Waals surface area contributed by atoms with Crippen LogP contribution < -0.4 is 15.8 Å². The Bertz CT molecular complexity index is 688. The Hall–Kier alpha value is -2.97. The fourth-order valence-corrected chi connectivity index (χ4v) is 3.35. The lowest BCUT2D eigenvalue weighted by atomic mass is 9.91. The van der Waals surface area contributed by atoms with Crippen LogP contribution in [0.1, 0.15) is 12.8 Å². The number of carbonyl (C=O) groups is 3. The zero-order valence-corrected chi connectivity index (χ0v) is 15.1. The molecule has 27 heavy (non-hydrogen) atoms. The second kappa shape index (κ2) is 8.15. The predicted molar refractivity (Wildman–Crippen MR) is 96.1 cm³/mol. The van der Waals surface area contributed by atoms with E-state index in [0.717, 1.165) is 5.75 Å². The summed E-state index contributed by atoms with van der Waals surface area (Å²) in [5, 5.41) is 2.29. The smallest absolute Gasteiger partial charge is 0.410 e. The van der Waals surface area contributed by atoms with E-state index in [-0.39, 0.29) is 18.5 Å². The first-order valence-corrected chi connectivity index (χ1v) is 8.94. The zero-order valence-electron chi connectivity index (χ0n) is 15.1. The molecule has 146 valence electrons. The average Bonchev–Trinajstić information content (AvgIpc) is 2.96. The van der Waals surface area contributed by atoms with Gasteiger partial charge < -0.3 is 30.3 Å². The maximum absolute atomic E-state index is 12.2. The average molecular weight is 376 g/mol. The van der Waals surface area contributed by atoms with Gasteiger partial charge in [-0.15, -0.1) is 0 Å². The molecule has 2 aliphatic rings. The second-order valence-corrected chi connectivity index (χ2v) is 6.73. The lowest BCUT2D eigenvalue weighted by Gasteiger charge is -2.37. The first kappa shape index (κ1) is 18.8. The number of para-hydroxylation sites is 1. The normalized spacial score (nSPS) is 18.3. The molecule has 3 N–H and O–H groups in total. The van der Waals surface area contributed by atoms with Crippen LogP contribution in [0.4, 0.5) is 9.59 Å². The van der Waals surface area contributed by atoms with E-state index in [0.29, 0.717) is 45.6 Å². The minimum Gasteiger partial charge on any atom is -0.492 e. The van der Waals surface area contributed by atoms with Gasteiger partial charge in [0, 0.05) is 25.9 Å². The highest BCUT2D eigenvalue weighted by Crippen LogP contribution is 2.33. The summed E-state index contributed by atoms with van der Waals surface area (Å²) in [5.41, 5.74) is 4.42. The second-order valence-electron chi connectivity index (χ2n) is 6.73. The number of piperidine rings is 1. The number of nitrogens with two attached hydrogens (primary N) is 1. The van der Waals surface area contributed by atoms with Gasteiger partial charge in [0.2, 0.25) is 5.91 Å². The SMILES string of the molecule is NC(=O)NCC(=O)N1CCC2(CC1)CN(CCOc1ccccc1)C(=O)O2. The number of nitrogens with zero attached hydrogens (tertiary/aromatic N) is 2. The van der Waals surface area contributed by atoms with E-state index in [1.54, 1.807) is 9.80 Å². The van der Waals surface area contributed by atoms with Gasteiger partial charge in [-0.05, 0) is 12.1 Å². The summed E-state index contributed by atoms with van der Waals surface area (Å²) in [6.07, 6.45) is 0.788. The Morgan fingerprint density at radius 1 is 1.22 bits per heavy atom. The number of likely N-dealkylation sites (tertiary alicyclic amines) is 1. The van der Waals surface area contributed by atoms with Crippen molar-refractivity contribution in [1.82, 2.24) is 15.1 Å². The summed E-state index contributed by atoms with van der Waals surface area (Å²) in [7, 11) is 0. The fourth-order valence-electron chi connectivity index (χ4n) is 3.35. The maximum atomic E-state index is 12.2. The zero-order chi connectivity index (χ0) is 19.3. The molecule has 2 fully saturated rings. The third-order valence-corrected chi connectivity index (χ3v) is 4.86. The molecule has 0 atom stereocenters. The number of primary amides is 1. The van der Waals surface area contributed by atoms with Crippen molar-refractivity contribution in [3.8, 4) is 5.75 Å². The topological polar surface area (TPSA) is 114 Å². The third-order valence-electron chi connectivity index (χ3n) is 4.86. The van der Waals surface area contributed by atoms with Crippen molar-refractivity contribution in [3.63, 3.8) is 0 Å². The van der Waals surface area contributed by atoms with E-state index < -0.39 is 11.6 Å². The molecule has 0 bridgehead atoms. The van der Waals surface area contributed by atoms with Crippen LogP contribution in [0, 0.1) is 0 Å². The van der Waals surface area contributed by atoms with Crippen molar-refractivity contribution in [2.45, 2.75) is 18.4 Å². The van der Waals surface area contributed by atoms with Crippen LogP contribution in [-0.2, 0) is 9.53 Å². The molecular weight excluding hydrogens is 352 g/mol. The summed E-state index contributed by atoms with van der Waals surface area (Å²) < 4.78 is 11.3. The maximum Gasteiger partial charge on any atom is 0.410 e. The van der Waals surface area contributed by atoms with Crippen molar-refractivity contribution in [2.24, 2.45) is 5.73 Å². The van der Waals surface area contributed by atoms with Gasteiger partial charge in [0.25, 0.3) is 0 Å². The number of rotatable bonds is 6. The van der Waals surface area contributed by atoms with Crippen LogP contribution in [0.3, 0.4) is 0 Å². The molecule has 0 radical (unpaired) electrons. The van der Waals surface area contributed by atoms with Crippen molar-refractivity contribution in [3.05, 3.63) is 30.3 Å². The summed E-state index contributed by atoms with van der Waals surface area (Å²) in [6, 6.07) is 8.70. The highest BCUT2D eigenvalue weighted by molar-refractivity contribution is 5.83. The highest BCUT2D eigenvalue weighted by Gasteiger charge is 2.47. The molecule has 4 amide bonds. The molecule has 1 aromatic rings. The summed E-state index contributed by atoms with van der Waals surface area (Å²) in [5.74, 6) is 0.567. The Kier molecular flexibility index (Phi) is 5.68. The van der Waals surface area contributed by atoms with Gasteiger partial charge in [-0.2, -0.15) is 0 Å². The molecular formula is C18H24N4O5. The standard InChI is InChI=1S/C18H24N4O5/c19-16(24)20-12-15(23)21-8-6-18(7-9-21)13-22(17(25)27-18)10-11-26-14-4-2-1-3-5-14/h1-5H,6-13H2,(H3,19,20,24). The molecule has 3 rings (SSSR count). The monoisotopic (exact) mass is 376 g/mol. The molecule has 9 heteroatoms. The quantitative estimate of drug-likeness (QED) is 0.752. The first-order chi connectivity index (χ1) is 13.0. The van der Waals surface area contributed by atoms with Crippen LogP contribution in [0.5, 0.6) is 5.75 Å². The number of carbonyl (C=O) groups excluding carboxylic acids is 3. The number of ether oxygens (including phenoxy) is 2. The molecule has 0 saturated carbocycles. The largest absolute Gasteiger partial charge is 0.492 e. The number of hydrogen-bond acceptors (Lipinski definition) is 5. The van der Waals surface area contributed by atoms with Gasteiger partial charge >= 0.3 is 12.1 Å². The van der Waals surface area contributed by atoms with Gasteiger partial charge in [0.1, 0.15) is 18.0 Å². The minimum atomic E-state index is -0.727. The Morgan fingerprint density at radius 3 is 2.59 bits per heavy atom. The third kappa shape index (κ3) is 4.81. The summed E-state index contributed by atoms with van der Waals surface area (Å²) in [6.45, 7) is 2.15. The molecule has 2 aliphatic heterocycles. The Morgan fingerprint density at radius 2 is 1.93 bits per heavy atom. The van der Waals surface area contributed by atoms with Crippen molar-refractivity contribution in [1.29, 1.82) is 0 Å². The van der Waals surface area contributed by atoms with E-state index in [1.807, 2.05) is 30.3 Å². The van der Waals surface area contributed by atoms with Crippen LogP contribution in [-0.4, -0.2) is 72.8 Å². The van der Waals surface area contributed by atoms with Gasteiger partial charge in [-0.1, -0.05) is 18.2 Å². The lowest BCUT2D eigenvalue weighted by Crippen LogP contribution is -2.51. The Balaban J connectivity index is 1.44. The number of nitrogens with one attached hydrogen (secondary N) is 1. The molecule has 0 unspecified atom stereocenters. The number of urea groups is 1. The molecule has 1 spiro atoms. The summed E-state index contributed by atoms with van der Waals surface area (Å²) >= 11 is 0. The van der Waals surface area contributed by atoms with E-state index >= 15 is 0 Å². The molecule has 2 heterocycles. The Labute approximate surface area is 157 Å². The van der Waals surface area contributed by atoms with E-state index in [9.17, 15) is 14.4 Å². The molecule has 9 nitrogen and oxygen atoms in total. The molecule has 1 aromatic carbocycles. The summed E-state index contributed by atoms with van der Waals surface area (Å²) in [4.78, 5) is 38.2. The van der Waals surface area contributed by atoms with E-state index in [4.69, 9.17) is 15.2 Å². The van der Waals surface area contributed by atoms with Gasteiger partial charge in [0.15, 0.2) is 0 Å². The van der Waals surface area contributed by atoms with Gasteiger partial charge in [-0.25, -0.2) is 9.59 Å². The van der Waals surface area contributed by atoms with Crippen molar-refractivity contribution < 1.29 is 23.9 Å². The highest BCUT2D eigenvalue weighted by atomic mass is 16.6. The lowest BCUT2D eigenvalue weighted by molar-refractivity contribution is -0.133. The molecule has 2 saturated heterocycles. The first-order valence-electron chi connectivity index (χ1n) is 8.94. The van der Waals surface area contributed by atoms with Crippen LogP contribution >= 0.6 is 0 Å². The molecule has 0 aliphatic carbocycles. The number of benzene rings is 1. The van der Waals surface area contributed by atoms with Crippen LogP contribution in [0.25, 0.3) is 0 Å².